The second-order valence-electron chi connectivity index (χ2n) is 6.88. The molecule has 0 aromatic rings. The summed E-state index contributed by atoms with van der Waals surface area (Å²) in [6, 6.07) is 0.802. The maximum atomic E-state index is 3.50. The molecule has 0 spiro atoms. The zero-order valence-corrected chi connectivity index (χ0v) is 12.0. The summed E-state index contributed by atoms with van der Waals surface area (Å²) < 4.78 is 0. The average molecular weight is 238 g/mol. The molecule has 0 radical (unpaired) electrons. The van der Waals surface area contributed by atoms with Crippen LogP contribution in [0, 0.1) is 11.3 Å². The lowest BCUT2D eigenvalue weighted by Crippen LogP contribution is -2.39. The molecule has 2 atom stereocenters. The first-order chi connectivity index (χ1) is 8.11. The summed E-state index contributed by atoms with van der Waals surface area (Å²) in [5, 5.41) is 3.50. The Kier molecular flexibility index (Phi) is 4.48. The van der Waals surface area contributed by atoms with Crippen LogP contribution in [0.4, 0.5) is 0 Å². The molecule has 1 saturated heterocycles. The number of nitrogens with one attached hydrogen (secondary N) is 1. The molecule has 0 aromatic carbocycles. The second-order valence-corrected chi connectivity index (χ2v) is 6.88. The van der Waals surface area contributed by atoms with Gasteiger partial charge in [-0.25, -0.2) is 0 Å². The standard InChI is InChI=1S/C15H30N2/c1-15(2)8-11-17(12-9-15)10-7-13-5-4-6-14(13)16-3/h13-14,16H,4-12H2,1-3H3. The number of hydrogen-bond donors (Lipinski definition) is 1. The van der Waals surface area contributed by atoms with Gasteiger partial charge in [-0.05, 0) is 70.1 Å². The molecule has 1 aliphatic carbocycles. The minimum atomic E-state index is 0.595. The summed E-state index contributed by atoms with van der Waals surface area (Å²) in [5.41, 5.74) is 0.595. The van der Waals surface area contributed by atoms with Gasteiger partial charge in [0.2, 0.25) is 0 Å². The maximum absolute atomic E-state index is 3.50. The van der Waals surface area contributed by atoms with Crippen molar-refractivity contribution in [2.75, 3.05) is 26.7 Å². The minimum absolute atomic E-state index is 0.595. The van der Waals surface area contributed by atoms with Crippen molar-refractivity contribution in [1.29, 1.82) is 0 Å². The molecule has 1 aliphatic heterocycles. The van der Waals surface area contributed by atoms with Crippen LogP contribution in [0.5, 0.6) is 0 Å². The summed E-state index contributed by atoms with van der Waals surface area (Å²) in [4.78, 5) is 2.69. The van der Waals surface area contributed by atoms with Crippen molar-refractivity contribution in [3.63, 3.8) is 0 Å². The first-order valence-electron chi connectivity index (χ1n) is 7.50. The van der Waals surface area contributed by atoms with Crippen LogP contribution in [0.3, 0.4) is 0 Å². The quantitative estimate of drug-likeness (QED) is 0.810. The maximum Gasteiger partial charge on any atom is 0.00928 e. The summed E-state index contributed by atoms with van der Waals surface area (Å²) in [7, 11) is 2.13. The predicted molar refractivity (Wildman–Crippen MR) is 74.3 cm³/mol. The molecule has 2 unspecified atom stereocenters. The molecule has 0 amide bonds. The van der Waals surface area contributed by atoms with E-state index >= 15 is 0 Å². The number of rotatable bonds is 4. The Labute approximate surface area is 107 Å². The molecule has 1 N–H and O–H groups in total. The Balaban J connectivity index is 1.69. The molecule has 1 heterocycles. The van der Waals surface area contributed by atoms with Gasteiger partial charge in [0, 0.05) is 6.04 Å². The fourth-order valence-electron chi connectivity index (χ4n) is 3.49. The van der Waals surface area contributed by atoms with Crippen molar-refractivity contribution in [2.24, 2.45) is 11.3 Å². The van der Waals surface area contributed by atoms with Gasteiger partial charge in [0.25, 0.3) is 0 Å². The first-order valence-corrected chi connectivity index (χ1v) is 7.50. The molecule has 2 aliphatic rings. The van der Waals surface area contributed by atoms with E-state index in [1.54, 1.807) is 0 Å². The lowest BCUT2D eigenvalue weighted by molar-refractivity contribution is 0.125. The van der Waals surface area contributed by atoms with E-state index in [2.05, 4.69) is 31.1 Å². The monoisotopic (exact) mass is 238 g/mol. The minimum Gasteiger partial charge on any atom is -0.317 e. The Morgan fingerprint density at radius 2 is 1.88 bits per heavy atom. The third-order valence-corrected chi connectivity index (χ3v) is 5.06. The van der Waals surface area contributed by atoms with Crippen LogP contribution in [-0.2, 0) is 0 Å². The number of piperidine rings is 1. The van der Waals surface area contributed by atoms with Crippen LogP contribution < -0.4 is 5.32 Å². The lowest BCUT2D eigenvalue weighted by atomic mass is 9.82. The van der Waals surface area contributed by atoms with Crippen molar-refractivity contribution in [1.82, 2.24) is 10.2 Å². The van der Waals surface area contributed by atoms with Crippen LogP contribution >= 0.6 is 0 Å². The van der Waals surface area contributed by atoms with Gasteiger partial charge in [-0.3, -0.25) is 0 Å². The summed E-state index contributed by atoms with van der Waals surface area (Å²) in [6.45, 7) is 8.81. The van der Waals surface area contributed by atoms with E-state index in [9.17, 15) is 0 Å². The molecule has 17 heavy (non-hydrogen) atoms. The van der Waals surface area contributed by atoms with Gasteiger partial charge in [0.15, 0.2) is 0 Å². The molecular formula is C15H30N2. The van der Waals surface area contributed by atoms with Crippen molar-refractivity contribution in [2.45, 2.75) is 58.4 Å². The molecule has 2 fully saturated rings. The molecule has 2 nitrogen and oxygen atoms in total. The van der Waals surface area contributed by atoms with E-state index in [-0.39, 0.29) is 0 Å². The van der Waals surface area contributed by atoms with E-state index in [4.69, 9.17) is 0 Å². The summed E-state index contributed by atoms with van der Waals surface area (Å²) >= 11 is 0. The van der Waals surface area contributed by atoms with Gasteiger partial charge >= 0.3 is 0 Å². The molecular weight excluding hydrogens is 208 g/mol. The highest BCUT2D eigenvalue weighted by Crippen LogP contribution is 2.31. The van der Waals surface area contributed by atoms with Crippen molar-refractivity contribution < 1.29 is 0 Å². The highest BCUT2D eigenvalue weighted by molar-refractivity contribution is 4.84. The largest absolute Gasteiger partial charge is 0.317 e. The Bertz CT molecular complexity index is 227. The zero-order chi connectivity index (χ0) is 12.3. The van der Waals surface area contributed by atoms with E-state index < -0.39 is 0 Å². The molecule has 0 aromatic heterocycles. The van der Waals surface area contributed by atoms with Gasteiger partial charge in [-0.2, -0.15) is 0 Å². The average Bonchev–Trinajstić information content (AvgIpc) is 2.75. The van der Waals surface area contributed by atoms with E-state index in [0.29, 0.717) is 5.41 Å². The lowest BCUT2D eigenvalue weighted by Gasteiger charge is -2.37. The number of likely N-dealkylation sites (tertiary alicyclic amines) is 1. The van der Waals surface area contributed by atoms with Crippen LogP contribution in [0.15, 0.2) is 0 Å². The Hall–Kier alpha value is -0.0800. The predicted octanol–water partition coefficient (Wildman–Crippen LogP) is 2.89. The molecule has 100 valence electrons. The number of nitrogens with zero attached hydrogens (tertiary/aromatic N) is 1. The normalized spacial score (nSPS) is 34.1. The summed E-state index contributed by atoms with van der Waals surface area (Å²) in [5.74, 6) is 0.940. The van der Waals surface area contributed by atoms with Crippen LogP contribution in [-0.4, -0.2) is 37.6 Å². The molecule has 1 saturated carbocycles. The topological polar surface area (TPSA) is 15.3 Å². The molecule has 2 heteroatoms. The fourth-order valence-corrected chi connectivity index (χ4v) is 3.49. The van der Waals surface area contributed by atoms with Gasteiger partial charge < -0.3 is 10.2 Å². The van der Waals surface area contributed by atoms with Crippen LogP contribution in [0.1, 0.15) is 52.4 Å². The first kappa shape index (κ1) is 13.4. The van der Waals surface area contributed by atoms with Crippen molar-refractivity contribution in [3.8, 4) is 0 Å². The third-order valence-electron chi connectivity index (χ3n) is 5.06. The molecule has 2 rings (SSSR count). The SMILES string of the molecule is CNC1CCCC1CCN1CCC(C)(C)CC1. The fraction of sp³-hybridized carbons (Fsp3) is 1.00. The van der Waals surface area contributed by atoms with Crippen LogP contribution in [0.2, 0.25) is 0 Å². The van der Waals surface area contributed by atoms with Crippen molar-refractivity contribution in [3.05, 3.63) is 0 Å². The zero-order valence-electron chi connectivity index (χ0n) is 12.0. The van der Waals surface area contributed by atoms with Gasteiger partial charge in [-0.1, -0.05) is 20.3 Å². The highest BCUT2D eigenvalue weighted by atomic mass is 15.1. The Morgan fingerprint density at radius 3 is 2.53 bits per heavy atom. The van der Waals surface area contributed by atoms with Gasteiger partial charge in [0.05, 0.1) is 0 Å². The number of hydrogen-bond acceptors (Lipinski definition) is 2. The van der Waals surface area contributed by atoms with Crippen LogP contribution in [0.25, 0.3) is 0 Å². The smallest absolute Gasteiger partial charge is 0.00928 e. The van der Waals surface area contributed by atoms with Crippen molar-refractivity contribution >= 4 is 0 Å². The van der Waals surface area contributed by atoms with E-state index in [0.717, 1.165) is 12.0 Å². The third kappa shape index (κ3) is 3.69. The summed E-state index contributed by atoms with van der Waals surface area (Å²) in [6.07, 6.45) is 8.45. The molecule has 0 bridgehead atoms. The second kappa shape index (κ2) is 5.71. The van der Waals surface area contributed by atoms with Gasteiger partial charge in [0.1, 0.15) is 0 Å². The highest BCUT2D eigenvalue weighted by Gasteiger charge is 2.28. The Morgan fingerprint density at radius 1 is 1.18 bits per heavy atom. The van der Waals surface area contributed by atoms with Gasteiger partial charge in [-0.15, -0.1) is 0 Å². The van der Waals surface area contributed by atoms with E-state index in [1.165, 1.54) is 58.2 Å². The van der Waals surface area contributed by atoms with E-state index in [1.807, 2.05) is 0 Å².